The van der Waals surface area contributed by atoms with Crippen LogP contribution in [0.4, 0.5) is 10.1 Å². The van der Waals surface area contributed by atoms with Gasteiger partial charge in [-0.15, -0.1) is 0 Å². The maximum Gasteiger partial charge on any atom is 0.143 e. The molecule has 2 nitrogen and oxygen atoms in total. The van der Waals surface area contributed by atoms with Gasteiger partial charge in [-0.05, 0) is 24.3 Å². The minimum absolute atomic E-state index is 0.0669. The Hall–Kier alpha value is -1.29. The molecule has 0 aromatic heterocycles. The summed E-state index contributed by atoms with van der Waals surface area (Å²) in [6.07, 6.45) is -0.771. The van der Waals surface area contributed by atoms with Gasteiger partial charge in [-0.1, -0.05) is 41.4 Å². The Morgan fingerprint density at radius 3 is 2.53 bits per heavy atom. The summed E-state index contributed by atoms with van der Waals surface area (Å²) < 4.78 is 13.2. The molecule has 0 bridgehead atoms. The first kappa shape index (κ1) is 14.1. The molecule has 2 N–H and O–H groups in total. The third-order valence-corrected chi connectivity index (χ3v) is 3.33. The lowest BCUT2D eigenvalue weighted by Gasteiger charge is -2.14. The average molecular weight is 300 g/mol. The van der Waals surface area contributed by atoms with E-state index in [1.807, 2.05) is 0 Å². The van der Waals surface area contributed by atoms with E-state index in [4.69, 9.17) is 23.2 Å². The smallest absolute Gasteiger partial charge is 0.143 e. The molecule has 0 aliphatic rings. The Balaban J connectivity index is 2.02. The zero-order valence-corrected chi connectivity index (χ0v) is 11.4. The summed E-state index contributed by atoms with van der Waals surface area (Å²) in [5, 5.41) is 13.5. The van der Waals surface area contributed by atoms with Gasteiger partial charge in [-0.25, -0.2) is 4.39 Å². The SMILES string of the molecule is OC(CNc1ccc(Cl)c(F)c1)c1ccccc1Cl. The molecule has 1 atom stereocenters. The minimum Gasteiger partial charge on any atom is -0.387 e. The van der Waals surface area contributed by atoms with E-state index in [0.717, 1.165) is 0 Å². The van der Waals surface area contributed by atoms with Gasteiger partial charge in [-0.3, -0.25) is 0 Å². The van der Waals surface area contributed by atoms with Gasteiger partial charge in [0.1, 0.15) is 5.82 Å². The lowest BCUT2D eigenvalue weighted by atomic mass is 10.1. The van der Waals surface area contributed by atoms with Gasteiger partial charge in [0.05, 0.1) is 11.1 Å². The summed E-state index contributed by atoms with van der Waals surface area (Å²) in [7, 11) is 0. The molecule has 2 aromatic carbocycles. The molecular weight excluding hydrogens is 288 g/mol. The highest BCUT2D eigenvalue weighted by Gasteiger charge is 2.11. The number of nitrogens with one attached hydrogen (secondary N) is 1. The Kier molecular flexibility index (Phi) is 4.64. The third-order valence-electron chi connectivity index (χ3n) is 2.68. The zero-order valence-electron chi connectivity index (χ0n) is 9.91. The van der Waals surface area contributed by atoms with Crippen LogP contribution >= 0.6 is 23.2 Å². The van der Waals surface area contributed by atoms with Crippen LogP contribution in [0.2, 0.25) is 10.0 Å². The average Bonchev–Trinajstić information content (AvgIpc) is 2.40. The van der Waals surface area contributed by atoms with Gasteiger partial charge >= 0.3 is 0 Å². The standard InChI is InChI=1S/C14H12Cl2FNO/c15-11-4-2-1-3-10(11)14(19)8-18-9-5-6-12(16)13(17)7-9/h1-7,14,18-19H,8H2. The highest BCUT2D eigenvalue weighted by atomic mass is 35.5. The maximum absolute atomic E-state index is 13.2. The molecule has 0 spiro atoms. The second-order valence-corrected chi connectivity index (χ2v) is 4.86. The van der Waals surface area contributed by atoms with Crippen molar-refractivity contribution in [2.24, 2.45) is 0 Å². The number of aliphatic hydroxyl groups is 1. The molecule has 0 fully saturated rings. The number of anilines is 1. The van der Waals surface area contributed by atoms with Gasteiger partial charge in [-0.2, -0.15) is 0 Å². The van der Waals surface area contributed by atoms with E-state index in [-0.39, 0.29) is 11.6 Å². The third kappa shape index (κ3) is 3.60. The molecule has 19 heavy (non-hydrogen) atoms. The second kappa shape index (κ2) is 6.24. The Labute approximate surface area is 120 Å². The fourth-order valence-electron chi connectivity index (χ4n) is 1.68. The van der Waals surface area contributed by atoms with Crippen LogP contribution < -0.4 is 5.32 Å². The molecule has 0 saturated carbocycles. The van der Waals surface area contributed by atoms with Crippen LogP contribution in [-0.2, 0) is 0 Å². The highest BCUT2D eigenvalue weighted by molar-refractivity contribution is 6.31. The summed E-state index contributed by atoms with van der Waals surface area (Å²) in [4.78, 5) is 0. The van der Waals surface area contributed by atoms with Gasteiger partial charge in [0.15, 0.2) is 0 Å². The van der Waals surface area contributed by atoms with Gasteiger partial charge in [0.25, 0.3) is 0 Å². The van der Waals surface area contributed by atoms with Crippen LogP contribution in [0.25, 0.3) is 0 Å². The van der Waals surface area contributed by atoms with Crippen LogP contribution in [0, 0.1) is 5.82 Å². The first-order valence-corrected chi connectivity index (χ1v) is 6.45. The largest absolute Gasteiger partial charge is 0.387 e. The van der Waals surface area contributed by atoms with Gasteiger partial charge in [0.2, 0.25) is 0 Å². The highest BCUT2D eigenvalue weighted by Crippen LogP contribution is 2.24. The summed E-state index contributed by atoms with van der Waals surface area (Å²) in [5.41, 5.74) is 1.18. The lowest BCUT2D eigenvalue weighted by Crippen LogP contribution is -2.12. The van der Waals surface area contributed by atoms with Crippen molar-refractivity contribution in [3.8, 4) is 0 Å². The van der Waals surface area contributed by atoms with E-state index in [2.05, 4.69) is 5.32 Å². The first-order valence-electron chi connectivity index (χ1n) is 5.69. The van der Waals surface area contributed by atoms with Crippen LogP contribution in [-0.4, -0.2) is 11.7 Å². The van der Waals surface area contributed by atoms with E-state index in [1.54, 1.807) is 30.3 Å². The van der Waals surface area contributed by atoms with Crippen molar-refractivity contribution < 1.29 is 9.50 Å². The summed E-state index contributed by atoms with van der Waals surface area (Å²) >= 11 is 11.6. The molecular formula is C14H12Cl2FNO. The summed E-state index contributed by atoms with van der Waals surface area (Å²) in [6.45, 7) is 0.227. The molecule has 0 heterocycles. The van der Waals surface area contributed by atoms with Crippen molar-refractivity contribution >= 4 is 28.9 Å². The second-order valence-electron chi connectivity index (χ2n) is 4.05. The van der Waals surface area contributed by atoms with E-state index in [9.17, 15) is 9.50 Å². The van der Waals surface area contributed by atoms with Crippen LogP contribution in [0.3, 0.4) is 0 Å². The molecule has 0 aliphatic carbocycles. The van der Waals surface area contributed by atoms with Crippen LogP contribution in [0.15, 0.2) is 42.5 Å². The molecule has 0 amide bonds. The first-order chi connectivity index (χ1) is 9.08. The number of aliphatic hydroxyl groups excluding tert-OH is 1. The summed E-state index contributed by atoms with van der Waals surface area (Å²) in [6, 6.07) is 11.4. The predicted octanol–water partition coefficient (Wildman–Crippen LogP) is 4.28. The number of hydrogen-bond donors (Lipinski definition) is 2. The molecule has 2 aromatic rings. The van der Waals surface area contributed by atoms with Crippen molar-refractivity contribution in [3.63, 3.8) is 0 Å². The van der Waals surface area contributed by atoms with Gasteiger partial charge in [0, 0.05) is 22.8 Å². The van der Waals surface area contributed by atoms with E-state index in [1.165, 1.54) is 12.1 Å². The quantitative estimate of drug-likeness (QED) is 0.883. The zero-order chi connectivity index (χ0) is 13.8. The molecule has 5 heteroatoms. The Bertz CT molecular complexity index is 577. The molecule has 2 rings (SSSR count). The van der Waals surface area contributed by atoms with E-state index < -0.39 is 11.9 Å². The van der Waals surface area contributed by atoms with Crippen molar-refractivity contribution in [2.75, 3.05) is 11.9 Å². The number of rotatable bonds is 4. The Morgan fingerprint density at radius 2 is 1.84 bits per heavy atom. The van der Waals surface area contributed by atoms with Gasteiger partial charge < -0.3 is 10.4 Å². The molecule has 0 saturated heterocycles. The van der Waals surface area contributed by atoms with Crippen molar-refractivity contribution in [1.82, 2.24) is 0 Å². The number of hydrogen-bond acceptors (Lipinski definition) is 2. The molecule has 0 radical (unpaired) electrons. The monoisotopic (exact) mass is 299 g/mol. The fourth-order valence-corrected chi connectivity index (χ4v) is 2.06. The topological polar surface area (TPSA) is 32.3 Å². The maximum atomic E-state index is 13.2. The van der Waals surface area contributed by atoms with Crippen molar-refractivity contribution in [2.45, 2.75) is 6.10 Å². The normalized spacial score (nSPS) is 12.2. The minimum atomic E-state index is -0.771. The number of benzene rings is 2. The van der Waals surface area contributed by atoms with E-state index in [0.29, 0.717) is 16.3 Å². The van der Waals surface area contributed by atoms with Crippen LogP contribution in [0.5, 0.6) is 0 Å². The van der Waals surface area contributed by atoms with E-state index >= 15 is 0 Å². The number of halogens is 3. The molecule has 1 unspecified atom stereocenters. The Morgan fingerprint density at radius 1 is 1.11 bits per heavy atom. The fraction of sp³-hybridized carbons (Fsp3) is 0.143. The van der Waals surface area contributed by atoms with Crippen molar-refractivity contribution in [3.05, 3.63) is 63.9 Å². The lowest BCUT2D eigenvalue weighted by molar-refractivity contribution is 0.191. The van der Waals surface area contributed by atoms with Crippen LogP contribution in [0.1, 0.15) is 11.7 Å². The summed E-state index contributed by atoms with van der Waals surface area (Å²) in [5.74, 6) is -0.501. The molecule has 0 aliphatic heterocycles. The molecule has 100 valence electrons. The predicted molar refractivity (Wildman–Crippen MR) is 76.3 cm³/mol. The van der Waals surface area contributed by atoms with Crippen molar-refractivity contribution in [1.29, 1.82) is 0 Å².